The van der Waals surface area contributed by atoms with E-state index in [4.69, 9.17) is 5.73 Å². The maximum absolute atomic E-state index is 5.93. The second-order valence-electron chi connectivity index (χ2n) is 4.64. The van der Waals surface area contributed by atoms with Gasteiger partial charge in [0, 0.05) is 0 Å². The summed E-state index contributed by atoms with van der Waals surface area (Å²) >= 11 is 0. The SMILES string of the molecule is C=CCC1(CN)CCc2ccccc2C1. The molecule has 0 aromatic heterocycles. The molecule has 1 aromatic carbocycles. The smallest absolute Gasteiger partial charge is 0.00143 e. The predicted octanol–water partition coefficient (Wildman–Crippen LogP) is 2.70. The van der Waals surface area contributed by atoms with Gasteiger partial charge in [0.25, 0.3) is 0 Å². The molecule has 1 heteroatoms. The van der Waals surface area contributed by atoms with Gasteiger partial charge in [0.1, 0.15) is 0 Å². The lowest BCUT2D eigenvalue weighted by Gasteiger charge is -2.36. The molecule has 15 heavy (non-hydrogen) atoms. The number of fused-ring (bicyclic) bond motifs is 1. The number of benzene rings is 1. The van der Waals surface area contributed by atoms with Crippen LogP contribution in [0.5, 0.6) is 0 Å². The molecule has 0 amide bonds. The summed E-state index contributed by atoms with van der Waals surface area (Å²) in [5, 5.41) is 0. The molecule has 0 aliphatic heterocycles. The average Bonchev–Trinajstić information content (AvgIpc) is 2.29. The Kier molecular flexibility index (Phi) is 2.92. The van der Waals surface area contributed by atoms with Crippen molar-refractivity contribution in [3.05, 3.63) is 48.0 Å². The van der Waals surface area contributed by atoms with Crippen LogP contribution in [0.4, 0.5) is 0 Å². The van der Waals surface area contributed by atoms with Crippen LogP contribution in [-0.2, 0) is 12.8 Å². The quantitative estimate of drug-likeness (QED) is 0.748. The van der Waals surface area contributed by atoms with Gasteiger partial charge in [-0.3, -0.25) is 0 Å². The molecule has 1 aliphatic carbocycles. The summed E-state index contributed by atoms with van der Waals surface area (Å²) in [5.41, 5.74) is 9.20. The zero-order valence-corrected chi connectivity index (χ0v) is 9.21. The van der Waals surface area contributed by atoms with E-state index in [2.05, 4.69) is 30.8 Å². The Bertz CT molecular complexity index is 356. The first kappa shape index (κ1) is 10.4. The Hall–Kier alpha value is -1.08. The van der Waals surface area contributed by atoms with E-state index in [1.165, 1.54) is 24.0 Å². The minimum atomic E-state index is 0.274. The number of allylic oxidation sites excluding steroid dienone is 1. The summed E-state index contributed by atoms with van der Waals surface area (Å²) in [6.45, 7) is 4.62. The Morgan fingerprint density at radius 3 is 2.73 bits per heavy atom. The molecule has 1 aliphatic rings. The fourth-order valence-electron chi connectivity index (χ4n) is 2.60. The van der Waals surface area contributed by atoms with Crippen molar-refractivity contribution in [2.24, 2.45) is 11.1 Å². The van der Waals surface area contributed by atoms with E-state index in [1.54, 1.807) is 0 Å². The second kappa shape index (κ2) is 4.19. The van der Waals surface area contributed by atoms with Crippen molar-refractivity contribution < 1.29 is 0 Å². The lowest BCUT2D eigenvalue weighted by atomic mass is 9.69. The Morgan fingerprint density at radius 1 is 1.33 bits per heavy atom. The van der Waals surface area contributed by atoms with Crippen LogP contribution in [0.1, 0.15) is 24.0 Å². The lowest BCUT2D eigenvalue weighted by Crippen LogP contribution is -2.35. The number of hydrogen-bond donors (Lipinski definition) is 1. The highest BCUT2D eigenvalue weighted by atomic mass is 14.6. The highest BCUT2D eigenvalue weighted by Gasteiger charge is 2.31. The van der Waals surface area contributed by atoms with Crippen LogP contribution in [0.25, 0.3) is 0 Å². The molecular weight excluding hydrogens is 182 g/mol. The molecule has 80 valence electrons. The van der Waals surface area contributed by atoms with Gasteiger partial charge in [0.15, 0.2) is 0 Å². The minimum Gasteiger partial charge on any atom is -0.330 e. The molecule has 0 saturated heterocycles. The highest BCUT2D eigenvalue weighted by Crippen LogP contribution is 2.37. The molecular formula is C14H19N. The number of hydrogen-bond acceptors (Lipinski definition) is 1. The van der Waals surface area contributed by atoms with Crippen LogP contribution in [0.2, 0.25) is 0 Å². The number of nitrogens with two attached hydrogens (primary N) is 1. The fraction of sp³-hybridized carbons (Fsp3) is 0.429. The van der Waals surface area contributed by atoms with Gasteiger partial charge in [0.05, 0.1) is 0 Å². The zero-order valence-electron chi connectivity index (χ0n) is 9.21. The molecule has 1 nitrogen and oxygen atoms in total. The normalized spacial score (nSPS) is 24.6. The maximum atomic E-state index is 5.93. The molecule has 1 aromatic rings. The Labute approximate surface area is 92.0 Å². The van der Waals surface area contributed by atoms with Crippen molar-refractivity contribution in [2.75, 3.05) is 6.54 Å². The summed E-state index contributed by atoms with van der Waals surface area (Å²) in [6.07, 6.45) is 6.54. The Balaban J connectivity index is 2.26. The van der Waals surface area contributed by atoms with Gasteiger partial charge in [-0.15, -0.1) is 6.58 Å². The lowest BCUT2D eigenvalue weighted by molar-refractivity contribution is 0.259. The standard InChI is InChI=1S/C14H19N/c1-2-8-14(11-15)9-7-12-5-3-4-6-13(12)10-14/h2-6H,1,7-11,15H2. The van der Waals surface area contributed by atoms with E-state index in [9.17, 15) is 0 Å². The van der Waals surface area contributed by atoms with E-state index >= 15 is 0 Å². The van der Waals surface area contributed by atoms with Crippen LogP contribution >= 0.6 is 0 Å². The third kappa shape index (κ3) is 1.98. The summed E-state index contributed by atoms with van der Waals surface area (Å²) in [7, 11) is 0. The summed E-state index contributed by atoms with van der Waals surface area (Å²) in [6, 6.07) is 8.73. The Morgan fingerprint density at radius 2 is 2.07 bits per heavy atom. The topological polar surface area (TPSA) is 26.0 Å². The molecule has 1 unspecified atom stereocenters. The van der Waals surface area contributed by atoms with Crippen LogP contribution in [0.15, 0.2) is 36.9 Å². The third-order valence-electron chi connectivity index (χ3n) is 3.62. The van der Waals surface area contributed by atoms with Crippen molar-refractivity contribution in [1.82, 2.24) is 0 Å². The molecule has 0 saturated carbocycles. The first-order valence-corrected chi connectivity index (χ1v) is 5.67. The predicted molar refractivity (Wildman–Crippen MR) is 64.8 cm³/mol. The third-order valence-corrected chi connectivity index (χ3v) is 3.62. The molecule has 0 fully saturated rings. The van der Waals surface area contributed by atoms with Crippen LogP contribution in [0, 0.1) is 5.41 Å². The maximum Gasteiger partial charge on any atom is -0.00143 e. The molecule has 1 atom stereocenters. The van der Waals surface area contributed by atoms with Crippen molar-refractivity contribution in [3.8, 4) is 0 Å². The summed E-state index contributed by atoms with van der Waals surface area (Å²) in [5.74, 6) is 0. The molecule has 0 bridgehead atoms. The van der Waals surface area contributed by atoms with E-state index in [-0.39, 0.29) is 5.41 Å². The van der Waals surface area contributed by atoms with Crippen molar-refractivity contribution in [2.45, 2.75) is 25.7 Å². The minimum absolute atomic E-state index is 0.274. The molecule has 2 rings (SSSR count). The zero-order chi connectivity index (χ0) is 10.7. The number of aryl methyl sites for hydroxylation is 1. The van der Waals surface area contributed by atoms with E-state index in [0.717, 1.165) is 19.4 Å². The van der Waals surface area contributed by atoms with E-state index < -0.39 is 0 Å². The molecule has 0 radical (unpaired) electrons. The second-order valence-corrected chi connectivity index (χ2v) is 4.64. The van der Waals surface area contributed by atoms with Crippen LogP contribution in [-0.4, -0.2) is 6.54 Å². The van der Waals surface area contributed by atoms with Gasteiger partial charge in [-0.1, -0.05) is 30.3 Å². The van der Waals surface area contributed by atoms with Crippen molar-refractivity contribution in [3.63, 3.8) is 0 Å². The van der Waals surface area contributed by atoms with Gasteiger partial charge in [-0.25, -0.2) is 0 Å². The van der Waals surface area contributed by atoms with Crippen molar-refractivity contribution >= 4 is 0 Å². The molecule has 0 spiro atoms. The average molecular weight is 201 g/mol. The van der Waals surface area contributed by atoms with Crippen LogP contribution in [0.3, 0.4) is 0 Å². The molecule has 0 heterocycles. The first-order valence-electron chi connectivity index (χ1n) is 5.67. The summed E-state index contributed by atoms with van der Waals surface area (Å²) < 4.78 is 0. The number of rotatable bonds is 3. The summed E-state index contributed by atoms with van der Waals surface area (Å²) in [4.78, 5) is 0. The fourth-order valence-corrected chi connectivity index (χ4v) is 2.60. The first-order chi connectivity index (χ1) is 7.29. The monoisotopic (exact) mass is 201 g/mol. The van der Waals surface area contributed by atoms with Gasteiger partial charge in [-0.2, -0.15) is 0 Å². The van der Waals surface area contributed by atoms with E-state index in [1.807, 2.05) is 6.08 Å². The highest BCUT2D eigenvalue weighted by molar-refractivity contribution is 5.31. The van der Waals surface area contributed by atoms with Gasteiger partial charge in [0.2, 0.25) is 0 Å². The van der Waals surface area contributed by atoms with Crippen molar-refractivity contribution in [1.29, 1.82) is 0 Å². The van der Waals surface area contributed by atoms with Gasteiger partial charge < -0.3 is 5.73 Å². The van der Waals surface area contributed by atoms with Gasteiger partial charge >= 0.3 is 0 Å². The van der Waals surface area contributed by atoms with Crippen LogP contribution < -0.4 is 5.73 Å². The van der Waals surface area contributed by atoms with E-state index in [0.29, 0.717) is 0 Å². The molecule has 2 N–H and O–H groups in total. The largest absolute Gasteiger partial charge is 0.330 e. The van der Waals surface area contributed by atoms with Gasteiger partial charge in [-0.05, 0) is 48.8 Å².